The van der Waals surface area contributed by atoms with Crippen LogP contribution >= 0.6 is 0 Å². The molecule has 4 nitrogen and oxygen atoms in total. The second-order valence-electron chi connectivity index (χ2n) is 2.43. The van der Waals surface area contributed by atoms with E-state index in [1.54, 1.807) is 0 Å². The van der Waals surface area contributed by atoms with Gasteiger partial charge in [-0.1, -0.05) is 0 Å². The van der Waals surface area contributed by atoms with Gasteiger partial charge in [0.15, 0.2) is 0 Å². The zero-order valence-electron chi connectivity index (χ0n) is 7.24. The molecule has 0 amide bonds. The van der Waals surface area contributed by atoms with Crippen molar-refractivity contribution in [2.24, 2.45) is 0 Å². The molecule has 0 spiro atoms. The van der Waals surface area contributed by atoms with Gasteiger partial charge >= 0.3 is 12.5 Å². The van der Waals surface area contributed by atoms with Crippen LogP contribution in [0.15, 0.2) is 23.1 Å². The van der Waals surface area contributed by atoms with E-state index in [2.05, 4.69) is 4.74 Å². The number of carbonyl (C=O) groups excluding carboxylic acids is 1. The average Bonchev–Trinajstić information content (AvgIpc) is 2.15. The van der Waals surface area contributed by atoms with E-state index in [-0.39, 0.29) is 10.1 Å². The SMILES string of the molecule is COC(=O)c1ccn(C(F)F)c(=O)c1. The van der Waals surface area contributed by atoms with Gasteiger partial charge < -0.3 is 4.74 Å². The first-order valence-electron chi connectivity index (χ1n) is 3.65. The first-order valence-corrected chi connectivity index (χ1v) is 3.65. The number of methoxy groups -OCH3 is 1. The fourth-order valence-corrected chi connectivity index (χ4v) is 0.896. The van der Waals surface area contributed by atoms with Gasteiger partial charge in [0.05, 0.1) is 12.7 Å². The zero-order chi connectivity index (χ0) is 10.7. The van der Waals surface area contributed by atoms with E-state index in [0.29, 0.717) is 0 Å². The molecule has 1 aromatic rings. The Kier molecular flexibility index (Phi) is 2.95. The smallest absolute Gasteiger partial charge is 0.338 e. The van der Waals surface area contributed by atoms with Crippen LogP contribution in [-0.4, -0.2) is 17.6 Å². The van der Waals surface area contributed by atoms with Gasteiger partial charge in [-0.15, -0.1) is 0 Å². The minimum absolute atomic E-state index is 0.0469. The van der Waals surface area contributed by atoms with E-state index in [9.17, 15) is 18.4 Å². The molecule has 0 aromatic carbocycles. The van der Waals surface area contributed by atoms with Gasteiger partial charge in [0.25, 0.3) is 5.56 Å². The number of rotatable bonds is 2. The summed E-state index contributed by atoms with van der Waals surface area (Å²) in [5, 5.41) is 0. The molecule has 0 radical (unpaired) electrons. The number of aromatic nitrogens is 1. The number of nitrogens with zero attached hydrogens (tertiary/aromatic N) is 1. The molecule has 76 valence electrons. The molecular weight excluding hydrogens is 196 g/mol. The number of hydrogen-bond acceptors (Lipinski definition) is 3. The van der Waals surface area contributed by atoms with Gasteiger partial charge in [0, 0.05) is 12.3 Å². The second kappa shape index (κ2) is 3.99. The highest BCUT2D eigenvalue weighted by Crippen LogP contribution is 2.06. The minimum atomic E-state index is -2.91. The molecule has 1 rings (SSSR count). The first kappa shape index (κ1) is 10.4. The predicted octanol–water partition coefficient (Wildman–Crippen LogP) is 1.03. The molecule has 0 aliphatic rings. The third-order valence-corrected chi connectivity index (χ3v) is 1.58. The Balaban J connectivity index is 3.13. The summed E-state index contributed by atoms with van der Waals surface area (Å²) in [6.45, 7) is -2.91. The Bertz CT molecular complexity index is 400. The summed E-state index contributed by atoms with van der Waals surface area (Å²) in [4.78, 5) is 21.9. The van der Waals surface area contributed by atoms with E-state index < -0.39 is 18.1 Å². The monoisotopic (exact) mass is 203 g/mol. The fraction of sp³-hybridized carbons (Fsp3) is 0.250. The Labute approximate surface area is 77.7 Å². The number of esters is 1. The standard InChI is InChI=1S/C8H7F2NO3/c1-14-7(13)5-2-3-11(8(9)10)6(12)4-5/h2-4,8H,1H3. The summed E-state index contributed by atoms with van der Waals surface area (Å²) in [5.74, 6) is -0.733. The summed E-state index contributed by atoms with van der Waals surface area (Å²) < 4.78 is 28.7. The third-order valence-electron chi connectivity index (χ3n) is 1.58. The van der Waals surface area contributed by atoms with Crippen molar-refractivity contribution < 1.29 is 18.3 Å². The number of halogens is 2. The molecule has 1 aromatic heterocycles. The number of alkyl halides is 2. The van der Waals surface area contributed by atoms with Crippen LogP contribution in [0.4, 0.5) is 8.78 Å². The third kappa shape index (κ3) is 1.95. The lowest BCUT2D eigenvalue weighted by Gasteiger charge is -2.03. The molecule has 0 aliphatic heterocycles. The molecule has 14 heavy (non-hydrogen) atoms. The molecule has 0 saturated carbocycles. The van der Waals surface area contributed by atoms with Crippen molar-refractivity contribution in [1.29, 1.82) is 0 Å². The topological polar surface area (TPSA) is 48.3 Å². The van der Waals surface area contributed by atoms with Gasteiger partial charge in [-0.3, -0.25) is 9.36 Å². The van der Waals surface area contributed by atoms with Crippen LogP contribution in [0.3, 0.4) is 0 Å². The van der Waals surface area contributed by atoms with Crippen LogP contribution in [0.5, 0.6) is 0 Å². The Morgan fingerprint density at radius 3 is 2.64 bits per heavy atom. The van der Waals surface area contributed by atoms with Crippen LogP contribution in [0.25, 0.3) is 0 Å². The number of carbonyl (C=O) groups is 1. The van der Waals surface area contributed by atoms with E-state index in [1.165, 1.54) is 0 Å². The van der Waals surface area contributed by atoms with Crippen molar-refractivity contribution in [3.8, 4) is 0 Å². The molecule has 0 fully saturated rings. The summed E-state index contributed by atoms with van der Waals surface area (Å²) in [5.41, 5.74) is -0.989. The van der Waals surface area contributed by atoms with E-state index in [4.69, 9.17) is 0 Å². The Hall–Kier alpha value is -1.72. The quantitative estimate of drug-likeness (QED) is 0.674. The highest BCUT2D eigenvalue weighted by atomic mass is 19.3. The second-order valence-corrected chi connectivity index (χ2v) is 2.43. The van der Waals surface area contributed by atoms with E-state index in [1.807, 2.05) is 0 Å². The molecule has 1 heterocycles. The lowest BCUT2D eigenvalue weighted by atomic mass is 10.3. The van der Waals surface area contributed by atoms with Gasteiger partial charge in [0.2, 0.25) is 0 Å². The summed E-state index contributed by atoms with van der Waals surface area (Å²) >= 11 is 0. The van der Waals surface area contributed by atoms with E-state index in [0.717, 1.165) is 25.4 Å². The van der Waals surface area contributed by atoms with Crippen molar-refractivity contribution in [3.63, 3.8) is 0 Å². The first-order chi connectivity index (χ1) is 6.56. The molecule has 0 unspecified atom stereocenters. The number of pyridine rings is 1. The maximum absolute atomic E-state index is 12.1. The van der Waals surface area contributed by atoms with Crippen molar-refractivity contribution in [1.82, 2.24) is 4.57 Å². The molecular formula is C8H7F2NO3. The predicted molar refractivity (Wildman–Crippen MR) is 43.3 cm³/mol. The Morgan fingerprint density at radius 2 is 2.21 bits per heavy atom. The van der Waals surface area contributed by atoms with Crippen molar-refractivity contribution >= 4 is 5.97 Å². The van der Waals surface area contributed by atoms with Crippen molar-refractivity contribution in [2.45, 2.75) is 6.55 Å². The van der Waals surface area contributed by atoms with Crippen molar-refractivity contribution in [2.75, 3.05) is 7.11 Å². The normalized spacial score (nSPS) is 10.3. The van der Waals surface area contributed by atoms with Crippen LogP contribution in [-0.2, 0) is 4.74 Å². The maximum Gasteiger partial charge on any atom is 0.338 e. The summed E-state index contributed by atoms with van der Waals surface area (Å²) in [6, 6.07) is 1.90. The molecule has 0 N–H and O–H groups in total. The Morgan fingerprint density at radius 1 is 1.57 bits per heavy atom. The van der Waals surface area contributed by atoms with Crippen LogP contribution in [0.2, 0.25) is 0 Å². The minimum Gasteiger partial charge on any atom is -0.465 e. The van der Waals surface area contributed by atoms with Gasteiger partial charge in [0.1, 0.15) is 0 Å². The molecule has 6 heteroatoms. The molecule has 0 atom stereocenters. The molecule has 0 bridgehead atoms. The van der Waals surface area contributed by atoms with E-state index >= 15 is 0 Å². The lowest BCUT2D eigenvalue weighted by Crippen LogP contribution is -2.21. The largest absolute Gasteiger partial charge is 0.465 e. The lowest BCUT2D eigenvalue weighted by molar-refractivity contribution is 0.0586. The number of hydrogen-bond donors (Lipinski definition) is 0. The highest BCUT2D eigenvalue weighted by Gasteiger charge is 2.11. The summed E-state index contributed by atoms with van der Waals surface area (Å²) in [7, 11) is 1.14. The fourth-order valence-electron chi connectivity index (χ4n) is 0.896. The van der Waals surface area contributed by atoms with Crippen LogP contribution in [0, 0.1) is 0 Å². The highest BCUT2D eigenvalue weighted by molar-refractivity contribution is 5.88. The zero-order valence-corrected chi connectivity index (χ0v) is 7.24. The molecule has 0 aliphatic carbocycles. The average molecular weight is 203 g/mol. The van der Waals surface area contributed by atoms with Gasteiger partial charge in [-0.2, -0.15) is 8.78 Å². The van der Waals surface area contributed by atoms with Crippen LogP contribution in [0.1, 0.15) is 16.9 Å². The van der Waals surface area contributed by atoms with Crippen molar-refractivity contribution in [3.05, 3.63) is 34.2 Å². The maximum atomic E-state index is 12.1. The summed E-state index contributed by atoms with van der Waals surface area (Å²) in [6.07, 6.45) is 0.846. The number of ether oxygens (including phenoxy) is 1. The van der Waals surface area contributed by atoms with Crippen LogP contribution < -0.4 is 5.56 Å². The van der Waals surface area contributed by atoms with Gasteiger partial charge in [-0.05, 0) is 6.07 Å². The van der Waals surface area contributed by atoms with Gasteiger partial charge in [-0.25, -0.2) is 4.79 Å². The molecule has 0 saturated heterocycles.